The molecule has 0 unspecified atom stereocenters. The zero-order valence-corrected chi connectivity index (χ0v) is 30.3. The Morgan fingerprint density at radius 1 is 0.635 bits per heavy atom. The summed E-state index contributed by atoms with van der Waals surface area (Å²) in [4.78, 5) is 31.9. The van der Waals surface area contributed by atoms with E-state index in [2.05, 4.69) is 46.3 Å². The lowest BCUT2D eigenvalue weighted by Gasteiger charge is -2.12. The molecule has 52 heavy (non-hydrogen) atoms. The molecule has 8 rings (SSSR count). The summed E-state index contributed by atoms with van der Waals surface area (Å²) in [6.07, 6.45) is 7.71. The number of nitrogens with one attached hydrogen (secondary N) is 2. The molecule has 0 spiro atoms. The summed E-state index contributed by atoms with van der Waals surface area (Å²) >= 11 is 0. The molecule has 6 aromatic heterocycles. The maximum atomic E-state index is 12.7. The van der Waals surface area contributed by atoms with E-state index in [0.717, 1.165) is 72.5 Å². The Bertz CT molecular complexity index is 2510. The van der Waals surface area contributed by atoms with E-state index in [1.807, 2.05) is 89.7 Å². The Morgan fingerprint density at radius 3 is 1.56 bits per heavy atom. The van der Waals surface area contributed by atoms with Gasteiger partial charge in [0.15, 0.2) is 0 Å². The first kappa shape index (κ1) is 34.1. The van der Waals surface area contributed by atoms with Gasteiger partial charge in [0.25, 0.3) is 11.1 Å². The molecular weight excluding hydrogens is 654 g/mol. The van der Waals surface area contributed by atoms with Crippen molar-refractivity contribution < 1.29 is 9.05 Å². The number of aromatic nitrogens is 6. The quantitative estimate of drug-likeness (QED) is 0.160. The molecule has 0 bridgehead atoms. The summed E-state index contributed by atoms with van der Waals surface area (Å²) in [6, 6.07) is 15.8. The molecule has 0 aliphatic heterocycles. The molecular formula is C41H41N7O4. The van der Waals surface area contributed by atoms with Crippen molar-refractivity contribution in [1.82, 2.24) is 29.4 Å². The van der Waals surface area contributed by atoms with Crippen LogP contribution in [0.5, 0.6) is 0 Å². The Balaban J connectivity index is 0.000000162. The number of hydrogen-bond acceptors (Lipinski definition) is 7. The second-order valence-corrected chi connectivity index (χ2v) is 13.5. The molecule has 0 aliphatic carbocycles. The zero-order valence-electron chi connectivity index (χ0n) is 30.3. The predicted octanol–water partition coefficient (Wildman–Crippen LogP) is 7.81. The van der Waals surface area contributed by atoms with Crippen molar-refractivity contribution in [3.8, 4) is 22.3 Å². The van der Waals surface area contributed by atoms with Gasteiger partial charge >= 0.3 is 0 Å². The number of nitrogen functional groups attached to an aromatic ring is 1. The van der Waals surface area contributed by atoms with Gasteiger partial charge in [0.1, 0.15) is 11.5 Å². The molecule has 4 N–H and O–H groups in total. The fourth-order valence-corrected chi connectivity index (χ4v) is 7.26. The zero-order chi connectivity index (χ0) is 36.8. The van der Waals surface area contributed by atoms with Gasteiger partial charge in [-0.15, -0.1) is 0 Å². The number of nitrogens with two attached hydrogens (primary N) is 1. The highest BCUT2D eigenvalue weighted by Gasteiger charge is 2.17. The van der Waals surface area contributed by atoms with E-state index in [1.165, 1.54) is 10.9 Å². The topological polar surface area (TPSA) is 154 Å². The second kappa shape index (κ2) is 13.4. The van der Waals surface area contributed by atoms with Crippen LogP contribution in [0.25, 0.3) is 44.1 Å². The van der Waals surface area contributed by atoms with E-state index in [4.69, 9.17) is 14.8 Å². The molecule has 0 saturated carbocycles. The third-order valence-electron chi connectivity index (χ3n) is 9.68. The molecule has 0 fully saturated rings. The summed E-state index contributed by atoms with van der Waals surface area (Å²) in [5, 5.41) is 10.4. The number of aryl methyl sites for hydroxylation is 7. The van der Waals surface area contributed by atoms with Gasteiger partial charge in [-0.3, -0.25) is 9.59 Å². The van der Waals surface area contributed by atoms with Crippen LogP contribution in [0.1, 0.15) is 50.7 Å². The van der Waals surface area contributed by atoms with Crippen LogP contribution in [0.15, 0.2) is 92.0 Å². The standard InChI is InChI=1S/C21H21N3O2.C20H20N4O2/c1-12-8-17(20-14(3)23-26-15(20)4)11-24(21(12)25)10-16-6-5-7-18-19(16)13(2)9-22-18;1-11-8-22-17-6-4-5-14(18(11)17)9-24-10-15(7-16(21)20(24)25)19-12(2)23-26-13(19)3/h5-9,11,22H,10H2,1-4H3;4-8,10,22H,9,21H2,1-3H3. The Morgan fingerprint density at radius 2 is 1.10 bits per heavy atom. The SMILES string of the molecule is Cc1noc(C)c1-c1cc(C)c(=O)n(Cc2cccc3[nH]cc(C)c23)c1.Cc1noc(C)c1-c1cc(N)c(=O)n(Cc2cccc3[nH]cc(C)c23)c1. The van der Waals surface area contributed by atoms with Crippen molar-refractivity contribution >= 4 is 27.5 Å². The number of anilines is 1. The van der Waals surface area contributed by atoms with Gasteiger partial charge in [-0.1, -0.05) is 34.6 Å². The van der Waals surface area contributed by atoms with Crippen LogP contribution in [0, 0.1) is 48.5 Å². The highest BCUT2D eigenvalue weighted by molar-refractivity contribution is 5.87. The number of fused-ring (bicyclic) bond motifs is 2. The van der Waals surface area contributed by atoms with Crippen LogP contribution in [0.3, 0.4) is 0 Å². The van der Waals surface area contributed by atoms with Gasteiger partial charge in [-0.05, 0) is 95.0 Å². The van der Waals surface area contributed by atoms with Crippen LogP contribution >= 0.6 is 0 Å². The molecule has 0 amide bonds. The molecule has 0 aliphatic rings. The first-order chi connectivity index (χ1) is 24.9. The molecule has 0 radical (unpaired) electrons. The molecule has 264 valence electrons. The molecule has 8 aromatic rings. The minimum atomic E-state index is -0.203. The first-order valence-corrected chi connectivity index (χ1v) is 17.1. The number of benzene rings is 2. The van der Waals surface area contributed by atoms with Crippen molar-refractivity contribution in [2.75, 3.05) is 5.73 Å². The monoisotopic (exact) mass is 695 g/mol. The van der Waals surface area contributed by atoms with Crippen molar-refractivity contribution in [3.63, 3.8) is 0 Å². The average Bonchev–Trinajstić information content (AvgIpc) is 3.88. The Hall–Kier alpha value is -6.36. The molecule has 0 atom stereocenters. The van der Waals surface area contributed by atoms with Crippen molar-refractivity contribution in [2.24, 2.45) is 0 Å². The number of aromatic amines is 2. The van der Waals surface area contributed by atoms with E-state index >= 15 is 0 Å². The Kier molecular flexibility index (Phi) is 8.79. The van der Waals surface area contributed by atoms with Crippen molar-refractivity contribution in [2.45, 2.75) is 61.6 Å². The van der Waals surface area contributed by atoms with Gasteiger partial charge < -0.3 is 33.9 Å². The summed E-state index contributed by atoms with van der Waals surface area (Å²) in [5.74, 6) is 1.46. The lowest BCUT2D eigenvalue weighted by Crippen LogP contribution is -2.23. The molecule has 11 heteroatoms. The van der Waals surface area contributed by atoms with Crippen LogP contribution in [-0.4, -0.2) is 29.4 Å². The fourth-order valence-electron chi connectivity index (χ4n) is 7.26. The van der Waals surface area contributed by atoms with E-state index < -0.39 is 0 Å². The lowest BCUT2D eigenvalue weighted by molar-refractivity contribution is 0.393. The molecule has 0 saturated heterocycles. The minimum Gasteiger partial charge on any atom is -0.394 e. The fraction of sp³-hybridized carbons (Fsp3) is 0.220. The van der Waals surface area contributed by atoms with Gasteiger partial charge in [-0.25, -0.2) is 0 Å². The molecule has 2 aromatic carbocycles. The highest BCUT2D eigenvalue weighted by atomic mass is 16.5. The number of hydrogen-bond donors (Lipinski definition) is 3. The minimum absolute atomic E-state index is 0.0192. The normalized spacial score (nSPS) is 11.4. The van der Waals surface area contributed by atoms with Crippen LogP contribution < -0.4 is 16.9 Å². The van der Waals surface area contributed by atoms with E-state index in [0.29, 0.717) is 24.4 Å². The summed E-state index contributed by atoms with van der Waals surface area (Å²) in [6.45, 7) is 14.5. The van der Waals surface area contributed by atoms with Crippen LogP contribution in [-0.2, 0) is 13.1 Å². The maximum absolute atomic E-state index is 12.7. The maximum Gasteiger partial charge on any atom is 0.274 e. The lowest BCUT2D eigenvalue weighted by atomic mass is 10.0. The highest BCUT2D eigenvalue weighted by Crippen LogP contribution is 2.30. The number of nitrogens with zero attached hydrogens (tertiary/aromatic N) is 4. The van der Waals surface area contributed by atoms with E-state index in [-0.39, 0.29) is 16.8 Å². The summed E-state index contributed by atoms with van der Waals surface area (Å²) in [7, 11) is 0. The largest absolute Gasteiger partial charge is 0.394 e. The summed E-state index contributed by atoms with van der Waals surface area (Å²) in [5.41, 5.74) is 18.6. The predicted molar refractivity (Wildman–Crippen MR) is 205 cm³/mol. The van der Waals surface area contributed by atoms with Gasteiger partial charge in [-0.2, -0.15) is 0 Å². The van der Waals surface area contributed by atoms with Crippen LogP contribution in [0.2, 0.25) is 0 Å². The number of pyridine rings is 2. The summed E-state index contributed by atoms with van der Waals surface area (Å²) < 4.78 is 14.0. The number of rotatable bonds is 6. The second-order valence-electron chi connectivity index (χ2n) is 13.5. The first-order valence-electron chi connectivity index (χ1n) is 17.1. The Labute approximate surface area is 299 Å². The van der Waals surface area contributed by atoms with Crippen molar-refractivity contribution in [1.29, 1.82) is 0 Å². The van der Waals surface area contributed by atoms with E-state index in [9.17, 15) is 9.59 Å². The third kappa shape index (κ3) is 6.14. The molecule has 11 nitrogen and oxygen atoms in total. The van der Waals surface area contributed by atoms with Gasteiger partial charge in [0.05, 0.1) is 30.2 Å². The number of H-pyrrole nitrogens is 2. The van der Waals surface area contributed by atoms with Crippen molar-refractivity contribution in [3.05, 3.63) is 145 Å². The molecule has 6 heterocycles. The average molecular weight is 696 g/mol. The van der Waals surface area contributed by atoms with Crippen LogP contribution in [0.4, 0.5) is 5.69 Å². The van der Waals surface area contributed by atoms with E-state index in [1.54, 1.807) is 15.2 Å². The van der Waals surface area contributed by atoms with Gasteiger partial charge in [0, 0.05) is 74.4 Å². The van der Waals surface area contributed by atoms with Gasteiger partial charge in [0.2, 0.25) is 0 Å². The third-order valence-corrected chi connectivity index (χ3v) is 9.68. The smallest absolute Gasteiger partial charge is 0.274 e.